The minimum atomic E-state index is -0.299. The molecule has 2 aromatic rings. The zero-order valence-corrected chi connectivity index (χ0v) is 18.3. The van der Waals surface area contributed by atoms with Crippen LogP contribution < -0.4 is 9.47 Å². The van der Waals surface area contributed by atoms with Gasteiger partial charge in [0.25, 0.3) is 0 Å². The molecule has 0 saturated carbocycles. The first-order valence-corrected chi connectivity index (χ1v) is 10.6. The van der Waals surface area contributed by atoms with Crippen LogP contribution in [0.4, 0.5) is 0 Å². The van der Waals surface area contributed by atoms with E-state index in [-0.39, 0.29) is 27.7 Å². The number of phenolic OH excluding ortho intramolecular Hbond substituents is 2. The first kappa shape index (κ1) is 19.9. The molecule has 4 rings (SSSR count). The second-order valence-electron chi connectivity index (χ2n) is 9.80. The summed E-state index contributed by atoms with van der Waals surface area (Å²) in [5.74, 6) is 1.98. The molecular formula is C25H32O4. The van der Waals surface area contributed by atoms with Crippen molar-refractivity contribution in [2.24, 2.45) is 0 Å². The first-order chi connectivity index (χ1) is 13.6. The Kier molecular flexibility index (Phi) is 4.34. The largest absolute Gasteiger partial charge is 0.508 e. The molecule has 0 unspecified atom stereocenters. The molecule has 0 saturated heterocycles. The molecule has 2 N–H and O–H groups in total. The molecule has 2 aromatic carbocycles. The first-order valence-electron chi connectivity index (χ1n) is 10.6. The van der Waals surface area contributed by atoms with E-state index in [0.717, 1.165) is 35.5 Å². The van der Waals surface area contributed by atoms with Gasteiger partial charge in [0.15, 0.2) is 0 Å². The molecule has 0 aromatic heterocycles. The van der Waals surface area contributed by atoms with Gasteiger partial charge in [0, 0.05) is 28.7 Å². The van der Waals surface area contributed by atoms with Crippen LogP contribution in [-0.4, -0.2) is 23.4 Å². The van der Waals surface area contributed by atoms with Crippen LogP contribution in [-0.2, 0) is 16.2 Å². The fourth-order valence-corrected chi connectivity index (χ4v) is 6.17. The maximum atomic E-state index is 10.5. The Hall–Kier alpha value is -2.36. The van der Waals surface area contributed by atoms with Crippen LogP contribution >= 0.6 is 0 Å². The Morgan fingerprint density at radius 1 is 0.724 bits per heavy atom. The molecule has 29 heavy (non-hydrogen) atoms. The van der Waals surface area contributed by atoms with E-state index < -0.39 is 0 Å². The zero-order chi connectivity index (χ0) is 21.2. The molecule has 0 aliphatic heterocycles. The quantitative estimate of drug-likeness (QED) is 0.712. The van der Waals surface area contributed by atoms with Gasteiger partial charge in [-0.25, -0.2) is 0 Å². The molecule has 0 fully saturated rings. The minimum absolute atomic E-state index is 0.123. The number of rotatable bonds is 4. The van der Waals surface area contributed by atoms with E-state index in [9.17, 15) is 10.2 Å². The van der Waals surface area contributed by atoms with Crippen LogP contribution in [0.15, 0.2) is 24.3 Å². The van der Waals surface area contributed by atoms with Gasteiger partial charge in [-0.1, -0.05) is 27.7 Å². The number of benzene rings is 2. The molecule has 0 bridgehead atoms. The lowest BCUT2D eigenvalue weighted by Gasteiger charge is -2.30. The molecule has 0 amide bonds. The van der Waals surface area contributed by atoms with Crippen molar-refractivity contribution in [1.82, 2.24) is 0 Å². The van der Waals surface area contributed by atoms with Crippen molar-refractivity contribution in [2.45, 2.75) is 70.6 Å². The summed E-state index contributed by atoms with van der Waals surface area (Å²) in [7, 11) is 0. The van der Waals surface area contributed by atoms with E-state index in [1.165, 1.54) is 11.1 Å². The third kappa shape index (κ3) is 2.79. The van der Waals surface area contributed by atoms with Gasteiger partial charge in [-0.05, 0) is 60.8 Å². The Morgan fingerprint density at radius 3 is 1.45 bits per heavy atom. The summed E-state index contributed by atoms with van der Waals surface area (Å²) in [4.78, 5) is 0. The van der Waals surface area contributed by atoms with Crippen LogP contribution in [0.5, 0.6) is 23.0 Å². The van der Waals surface area contributed by atoms with Gasteiger partial charge in [-0.3, -0.25) is 0 Å². The van der Waals surface area contributed by atoms with Crippen LogP contribution in [0, 0.1) is 0 Å². The molecule has 0 atom stereocenters. The molecule has 156 valence electrons. The molecular weight excluding hydrogens is 364 g/mol. The summed E-state index contributed by atoms with van der Waals surface area (Å²) >= 11 is 0. The molecule has 0 heterocycles. The molecule has 0 radical (unpaired) electrons. The van der Waals surface area contributed by atoms with Gasteiger partial charge in [0.2, 0.25) is 0 Å². The number of fused-ring (bicyclic) bond motifs is 4. The monoisotopic (exact) mass is 396 g/mol. The average molecular weight is 397 g/mol. The highest BCUT2D eigenvalue weighted by molar-refractivity contribution is 5.67. The van der Waals surface area contributed by atoms with Gasteiger partial charge in [-0.2, -0.15) is 0 Å². The summed E-state index contributed by atoms with van der Waals surface area (Å²) in [5, 5.41) is 21.1. The Balaban J connectivity index is 2.05. The molecule has 1 spiro atoms. The number of hydrogen-bond acceptors (Lipinski definition) is 4. The molecule has 2 aliphatic carbocycles. The van der Waals surface area contributed by atoms with Crippen molar-refractivity contribution in [1.29, 1.82) is 0 Å². The fourth-order valence-electron chi connectivity index (χ4n) is 6.17. The highest BCUT2D eigenvalue weighted by Crippen LogP contribution is 2.66. The summed E-state index contributed by atoms with van der Waals surface area (Å²) in [5.41, 5.74) is 4.03. The van der Waals surface area contributed by atoms with E-state index in [0.29, 0.717) is 13.2 Å². The zero-order valence-electron chi connectivity index (χ0n) is 18.3. The predicted octanol–water partition coefficient (Wildman–Crippen LogP) is 5.54. The van der Waals surface area contributed by atoms with E-state index in [1.54, 1.807) is 12.1 Å². The van der Waals surface area contributed by atoms with Gasteiger partial charge < -0.3 is 19.7 Å². The topological polar surface area (TPSA) is 58.9 Å². The maximum Gasteiger partial charge on any atom is 0.127 e. The SMILES string of the molecule is CCOc1cc(O)cc2c1C(C)(C)CC21CC(C)(C)c2c(OCC)cc(O)cc21. The van der Waals surface area contributed by atoms with Crippen molar-refractivity contribution in [3.8, 4) is 23.0 Å². The number of aromatic hydroxyl groups is 2. The third-order valence-corrected chi connectivity index (χ3v) is 6.65. The minimum Gasteiger partial charge on any atom is -0.508 e. The highest BCUT2D eigenvalue weighted by Gasteiger charge is 2.58. The summed E-state index contributed by atoms with van der Waals surface area (Å²) < 4.78 is 11.9. The van der Waals surface area contributed by atoms with Crippen molar-refractivity contribution in [3.05, 3.63) is 46.5 Å². The summed E-state index contributed by atoms with van der Waals surface area (Å²) in [6, 6.07) is 7.28. The second kappa shape index (κ2) is 6.32. The second-order valence-corrected chi connectivity index (χ2v) is 9.80. The van der Waals surface area contributed by atoms with E-state index in [2.05, 4.69) is 27.7 Å². The van der Waals surface area contributed by atoms with Gasteiger partial charge >= 0.3 is 0 Å². The van der Waals surface area contributed by atoms with Crippen molar-refractivity contribution in [3.63, 3.8) is 0 Å². The van der Waals surface area contributed by atoms with Gasteiger partial charge in [0.1, 0.15) is 23.0 Å². The summed E-state index contributed by atoms with van der Waals surface area (Å²) in [6.07, 6.45) is 1.79. The van der Waals surface area contributed by atoms with Crippen molar-refractivity contribution in [2.75, 3.05) is 13.2 Å². The third-order valence-electron chi connectivity index (χ3n) is 6.65. The highest BCUT2D eigenvalue weighted by atomic mass is 16.5. The predicted molar refractivity (Wildman–Crippen MR) is 115 cm³/mol. The van der Waals surface area contributed by atoms with E-state index in [1.807, 2.05) is 26.0 Å². The molecule has 4 heteroatoms. The standard InChI is InChI=1S/C25H32O4/c1-7-28-19-11-15(26)9-17-21(19)23(3,4)13-25(17)14-24(5,6)22-18(25)10-16(27)12-20(22)29-8-2/h9-12,26-27H,7-8,13-14H2,1-6H3. The summed E-state index contributed by atoms with van der Waals surface area (Å²) in [6.45, 7) is 14.0. The number of ether oxygens (including phenoxy) is 2. The van der Waals surface area contributed by atoms with Crippen LogP contribution in [0.2, 0.25) is 0 Å². The lowest BCUT2D eigenvalue weighted by molar-refractivity contribution is 0.318. The van der Waals surface area contributed by atoms with E-state index >= 15 is 0 Å². The van der Waals surface area contributed by atoms with Gasteiger partial charge in [-0.15, -0.1) is 0 Å². The van der Waals surface area contributed by atoms with Crippen LogP contribution in [0.3, 0.4) is 0 Å². The van der Waals surface area contributed by atoms with Crippen molar-refractivity contribution < 1.29 is 19.7 Å². The fraction of sp³-hybridized carbons (Fsp3) is 0.520. The van der Waals surface area contributed by atoms with Gasteiger partial charge in [0.05, 0.1) is 13.2 Å². The number of phenols is 2. The average Bonchev–Trinajstić information content (AvgIpc) is 2.95. The maximum absolute atomic E-state index is 10.5. The lowest BCUT2D eigenvalue weighted by Crippen LogP contribution is -2.26. The smallest absolute Gasteiger partial charge is 0.127 e. The molecule has 2 aliphatic rings. The normalized spacial score (nSPS) is 19.8. The molecule has 4 nitrogen and oxygen atoms in total. The lowest BCUT2D eigenvalue weighted by atomic mass is 9.72. The Morgan fingerprint density at radius 2 is 1.10 bits per heavy atom. The Labute approximate surface area is 173 Å². The van der Waals surface area contributed by atoms with Crippen LogP contribution in [0.25, 0.3) is 0 Å². The van der Waals surface area contributed by atoms with Crippen molar-refractivity contribution >= 4 is 0 Å². The Bertz CT molecular complexity index is 892. The van der Waals surface area contributed by atoms with E-state index in [4.69, 9.17) is 9.47 Å². The van der Waals surface area contributed by atoms with Crippen LogP contribution in [0.1, 0.15) is 76.6 Å². The number of hydrogen-bond donors (Lipinski definition) is 2.